The van der Waals surface area contributed by atoms with Gasteiger partial charge in [-0.25, -0.2) is 24.3 Å². The van der Waals surface area contributed by atoms with E-state index in [1.807, 2.05) is 19.0 Å². The van der Waals surface area contributed by atoms with Crippen molar-refractivity contribution >= 4 is 40.2 Å². The van der Waals surface area contributed by atoms with Gasteiger partial charge in [0.15, 0.2) is 5.82 Å². The number of fused-ring (bicyclic) bond motifs is 1. The van der Waals surface area contributed by atoms with E-state index in [1.54, 1.807) is 27.0 Å². The molecule has 0 atom stereocenters. The number of rotatable bonds is 8. The highest BCUT2D eigenvalue weighted by Gasteiger charge is 2.18. The molecule has 0 bridgehead atoms. The van der Waals surface area contributed by atoms with E-state index >= 15 is 0 Å². The predicted octanol–water partition coefficient (Wildman–Crippen LogP) is 3.47. The van der Waals surface area contributed by atoms with E-state index in [-0.39, 0.29) is 28.7 Å². The number of halogens is 1. The number of aromatic nitrogens is 4. The highest BCUT2D eigenvalue weighted by Crippen LogP contribution is 2.25. The van der Waals surface area contributed by atoms with Gasteiger partial charge in [0.05, 0.1) is 11.9 Å². The van der Waals surface area contributed by atoms with Crippen LogP contribution in [-0.2, 0) is 0 Å². The zero-order valence-electron chi connectivity index (χ0n) is 20.8. The van der Waals surface area contributed by atoms with Crippen LogP contribution in [0.3, 0.4) is 0 Å². The average Bonchev–Trinajstić information content (AvgIpc) is 2.79. The molecule has 5 N–H and O–H groups in total. The number of hydrogen-bond donors (Lipinski definition) is 5. The van der Waals surface area contributed by atoms with Crippen LogP contribution in [-0.4, -0.2) is 68.9 Å². The second-order valence-electron chi connectivity index (χ2n) is 9.35. The number of amides is 1. The van der Waals surface area contributed by atoms with Gasteiger partial charge in [0.2, 0.25) is 5.95 Å². The molecule has 11 nitrogen and oxygen atoms in total. The first-order chi connectivity index (χ1) is 16.9. The third kappa shape index (κ3) is 6.92. The van der Waals surface area contributed by atoms with Crippen LogP contribution in [0.25, 0.3) is 11.0 Å². The second-order valence-corrected chi connectivity index (χ2v) is 9.35. The first-order valence-electron chi connectivity index (χ1n) is 11.2. The second kappa shape index (κ2) is 11.0. The molecule has 0 unspecified atom stereocenters. The summed E-state index contributed by atoms with van der Waals surface area (Å²) in [5.74, 6) is -0.983. The summed E-state index contributed by atoms with van der Waals surface area (Å²) in [7, 11) is 3.91. The molecule has 0 saturated carbocycles. The molecule has 3 aromatic rings. The fourth-order valence-electron chi connectivity index (χ4n) is 2.90. The Hall–Kier alpha value is -4.19. The molecule has 0 aliphatic carbocycles. The Kier molecular flexibility index (Phi) is 8.10. The number of nitrogens with one attached hydrogen (secondary N) is 4. The number of anilines is 3. The van der Waals surface area contributed by atoms with Gasteiger partial charge in [0.1, 0.15) is 34.8 Å². The van der Waals surface area contributed by atoms with Crippen molar-refractivity contribution in [3.63, 3.8) is 0 Å². The van der Waals surface area contributed by atoms with Crippen LogP contribution in [0.2, 0.25) is 0 Å². The quantitative estimate of drug-likeness (QED) is 0.180. The van der Waals surface area contributed by atoms with Crippen molar-refractivity contribution in [2.45, 2.75) is 20.8 Å². The van der Waals surface area contributed by atoms with Crippen LogP contribution in [0.5, 0.6) is 0 Å². The lowest BCUT2D eigenvalue weighted by Gasteiger charge is -2.17. The normalized spacial score (nSPS) is 12.0. The SMILES string of the molecule is CN(C)CCNc1ncc2ncnc(Nc3cc(C(=O)NC(=N)/C=C(\O)C(C)(C)C)ccc3F)c2n1. The van der Waals surface area contributed by atoms with E-state index in [9.17, 15) is 14.3 Å². The Morgan fingerprint density at radius 3 is 2.67 bits per heavy atom. The minimum atomic E-state index is -0.636. The molecule has 0 aliphatic heterocycles. The van der Waals surface area contributed by atoms with Gasteiger partial charge >= 0.3 is 0 Å². The van der Waals surface area contributed by atoms with Crippen LogP contribution in [0.15, 0.2) is 42.6 Å². The molecule has 36 heavy (non-hydrogen) atoms. The van der Waals surface area contributed by atoms with Gasteiger partial charge in [0.25, 0.3) is 5.91 Å². The number of aliphatic hydroxyl groups excluding tert-OH is 1. The average molecular weight is 496 g/mol. The number of aliphatic hydroxyl groups is 1. The molecule has 0 saturated heterocycles. The lowest BCUT2D eigenvalue weighted by atomic mass is 9.93. The molecule has 1 aromatic carbocycles. The first-order valence-corrected chi connectivity index (χ1v) is 11.2. The third-order valence-corrected chi connectivity index (χ3v) is 5.00. The molecule has 1 amide bonds. The Bertz CT molecular complexity index is 1300. The zero-order chi connectivity index (χ0) is 26.5. The van der Waals surface area contributed by atoms with E-state index in [4.69, 9.17) is 5.41 Å². The minimum absolute atomic E-state index is 0.0111. The summed E-state index contributed by atoms with van der Waals surface area (Å²) in [4.78, 5) is 31.7. The topological polar surface area (TPSA) is 152 Å². The van der Waals surface area contributed by atoms with Crippen molar-refractivity contribution in [1.29, 1.82) is 5.41 Å². The number of likely N-dealkylation sites (N-methyl/N-ethyl adjacent to an activating group) is 1. The lowest BCUT2D eigenvalue weighted by molar-refractivity contribution is 0.0977. The summed E-state index contributed by atoms with van der Waals surface area (Å²) in [5.41, 5.74) is 0.349. The molecule has 2 aromatic heterocycles. The van der Waals surface area contributed by atoms with E-state index in [2.05, 4.69) is 35.9 Å². The molecule has 0 spiro atoms. The van der Waals surface area contributed by atoms with E-state index in [1.165, 1.54) is 18.5 Å². The number of benzene rings is 1. The summed E-state index contributed by atoms with van der Waals surface area (Å²) in [6, 6.07) is 3.73. The lowest BCUT2D eigenvalue weighted by Crippen LogP contribution is -2.29. The van der Waals surface area contributed by atoms with Crippen LogP contribution >= 0.6 is 0 Å². The van der Waals surface area contributed by atoms with Crippen LogP contribution < -0.4 is 16.0 Å². The smallest absolute Gasteiger partial charge is 0.256 e. The Morgan fingerprint density at radius 2 is 1.97 bits per heavy atom. The fraction of sp³-hybridized carbons (Fsp3) is 0.333. The number of hydrogen-bond acceptors (Lipinski definition) is 10. The fourth-order valence-corrected chi connectivity index (χ4v) is 2.90. The highest BCUT2D eigenvalue weighted by atomic mass is 19.1. The van der Waals surface area contributed by atoms with E-state index in [0.717, 1.165) is 18.7 Å². The molecule has 0 aliphatic rings. The van der Waals surface area contributed by atoms with Crippen molar-refractivity contribution in [2.24, 2.45) is 5.41 Å². The monoisotopic (exact) mass is 495 g/mol. The number of nitrogens with zero attached hydrogens (tertiary/aromatic N) is 5. The minimum Gasteiger partial charge on any atom is -0.512 e. The first kappa shape index (κ1) is 26.4. The van der Waals surface area contributed by atoms with Crippen molar-refractivity contribution in [3.05, 3.63) is 53.9 Å². The van der Waals surface area contributed by atoms with Crippen LogP contribution in [0.1, 0.15) is 31.1 Å². The molecular formula is C24H30FN9O2. The molecule has 0 fully saturated rings. The number of allylic oxidation sites excluding steroid dienone is 1. The van der Waals surface area contributed by atoms with E-state index < -0.39 is 17.1 Å². The van der Waals surface area contributed by atoms with Crippen molar-refractivity contribution in [2.75, 3.05) is 37.8 Å². The standard InChI is InChI=1S/C24H30FN9O2/c1-24(2,3)18(35)11-19(26)32-22(36)14-6-7-15(25)16(10-14)31-21-20-17(29-13-30-21)12-28-23(33-20)27-8-9-34(4)5/h6-7,10-13,35H,8-9H2,1-5H3,(H2,26,32,36)(H,27,28,33)(H,29,30,31)/b18-11-. The summed E-state index contributed by atoms with van der Waals surface area (Å²) in [6.07, 6.45) is 4.01. The Labute approximate surface area is 208 Å². The van der Waals surface area contributed by atoms with Crippen LogP contribution in [0, 0.1) is 16.6 Å². The van der Waals surface area contributed by atoms with Crippen molar-refractivity contribution in [1.82, 2.24) is 30.2 Å². The zero-order valence-corrected chi connectivity index (χ0v) is 20.8. The summed E-state index contributed by atoms with van der Waals surface area (Å²) >= 11 is 0. The number of carbonyl (C=O) groups excluding carboxylic acids is 1. The van der Waals surface area contributed by atoms with Crippen molar-refractivity contribution < 1.29 is 14.3 Å². The Balaban J connectivity index is 1.82. The third-order valence-electron chi connectivity index (χ3n) is 5.00. The van der Waals surface area contributed by atoms with Gasteiger partial charge in [-0.3, -0.25) is 10.2 Å². The van der Waals surface area contributed by atoms with Crippen molar-refractivity contribution in [3.8, 4) is 0 Å². The van der Waals surface area contributed by atoms with Gasteiger partial charge in [-0.2, -0.15) is 0 Å². The molecule has 190 valence electrons. The van der Waals surface area contributed by atoms with Gasteiger partial charge < -0.3 is 26.0 Å². The van der Waals surface area contributed by atoms with Crippen LogP contribution in [0.4, 0.5) is 21.8 Å². The van der Waals surface area contributed by atoms with Gasteiger partial charge in [-0.05, 0) is 32.3 Å². The van der Waals surface area contributed by atoms with Gasteiger partial charge in [-0.1, -0.05) is 20.8 Å². The van der Waals surface area contributed by atoms with Gasteiger partial charge in [-0.15, -0.1) is 0 Å². The maximum absolute atomic E-state index is 14.6. The maximum atomic E-state index is 14.6. The Morgan fingerprint density at radius 1 is 1.22 bits per heavy atom. The molecule has 3 rings (SSSR count). The van der Waals surface area contributed by atoms with E-state index in [0.29, 0.717) is 23.5 Å². The maximum Gasteiger partial charge on any atom is 0.256 e. The largest absolute Gasteiger partial charge is 0.512 e. The van der Waals surface area contributed by atoms with Gasteiger partial charge in [0, 0.05) is 30.1 Å². The predicted molar refractivity (Wildman–Crippen MR) is 137 cm³/mol. The number of amidine groups is 1. The number of carbonyl (C=O) groups is 1. The highest BCUT2D eigenvalue weighted by molar-refractivity contribution is 6.09. The molecule has 2 heterocycles. The molecule has 12 heteroatoms. The molecule has 0 radical (unpaired) electrons. The summed E-state index contributed by atoms with van der Waals surface area (Å²) in [6.45, 7) is 6.72. The molecular weight excluding hydrogens is 465 g/mol. The summed E-state index contributed by atoms with van der Waals surface area (Å²) in [5, 5.41) is 26.4. The summed E-state index contributed by atoms with van der Waals surface area (Å²) < 4.78 is 14.6.